The largest absolute Gasteiger partial charge is 0.384 e. The van der Waals surface area contributed by atoms with Gasteiger partial charge in [-0.15, -0.1) is 24.8 Å². The number of benzene rings is 1. The van der Waals surface area contributed by atoms with Crippen LogP contribution in [0.1, 0.15) is 16.1 Å². The highest BCUT2D eigenvalue weighted by Crippen LogP contribution is 2.10. The number of aromatic nitrogens is 1. The molecule has 1 fully saturated rings. The van der Waals surface area contributed by atoms with Gasteiger partial charge in [-0.2, -0.15) is 0 Å². The highest BCUT2D eigenvalue weighted by Gasteiger charge is 2.21. The van der Waals surface area contributed by atoms with Gasteiger partial charge < -0.3 is 15.8 Å². The standard InChI is InChI=1S/C18H22N4O2.2ClH/c19-17-8-4-7-16(21-17)18(23)20-11-15-13-22(9-10-24-15)12-14-5-2-1-3-6-14;;/h1-8,15H,9-13H2,(H2,19,21)(H,20,23);2*1H. The second-order valence-corrected chi connectivity index (χ2v) is 5.87. The molecule has 1 amide bonds. The molecule has 1 aliphatic rings. The van der Waals surface area contributed by atoms with Crippen LogP contribution in [0.25, 0.3) is 0 Å². The molecule has 1 aromatic carbocycles. The maximum Gasteiger partial charge on any atom is 0.270 e. The van der Waals surface area contributed by atoms with E-state index in [2.05, 4.69) is 27.3 Å². The fourth-order valence-electron chi connectivity index (χ4n) is 2.76. The molecule has 1 saturated heterocycles. The van der Waals surface area contributed by atoms with E-state index in [-0.39, 0.29) is 36.8 Å². The third kappa shape index (κ3) is 6.46. The average Bonchev–Trinajstić information content (AvgIpc) is 2.61. The summed E-state index contributed by atoms with van der Waals surface area (Å²) in [5.41, 5.74) is 7.21. The predicted octanol–water partition coefficient (Wildman–Crippen LogP) is 2.14. The summed E-state index contributed by atoms with van der Waals surface area (Å²) in [6, 6.07) is 15.4. The van der Waals surface area contributed by atoms with Crippen molar-refractivity contribution >= 4 is 36.5 Å². The second-order valence-electron chi connectivity index (χ2n) is 5.87. The smallest absolute Gasteiger partial charge is 0.270 e. The van der Waals surface area contributed by atoms with E-state index >= 15 is 0 Å². The number of nitrogen functional groups attached to an aromatic ring is 1. The van der Waals surface area contributed by atoms with Crippen molar-refractivity contribution in [3.63, 3.8) is 0 Å². The molecule has 0 aliphatic carbocycles. The Morgan fingerprint density at radius 1 is 1.19 bits per heavy atom. The Morgan fingerprint density at radius 3 is 2.69 bits per heavy atom. The summed E-state index contributed by atoms with van der Waals surface area (Å²) in [5.74, 6) is 0.108. The quantitative estimate of drug-likeness (QED) is 0.806. The van der Waals surface area contributed by atoms with Crippen LogP contribution in [0, 0.1) is 0 Å². The van der Waals surface area contributed by atoms with E-state index in [9.17, 15) is 4.79 Å². The number of halogens is 2. The van der Waals surface area contributed by atoms with Crippen LogP contribution in [0.4, 0.5) is 5.82 Å². The van der Waals surface area contributed by atoms with Gasteiger partial charge in [-0.25, -0.2) is 4.98 Å². The molecular formula is C18H24Cl2N4O2. The molecule has 1 aliphatic heterocycles. The number of carbonyl (C=O) groups excluding carboxylic acids is 1. The zero-order valence-corrected chi connectivity index (χ0v) is 16.0. The maximum atomic E-state index is 12.1. The third-order valence-corrected chi connectivity index (χ3v) is 3.97. The summed E-state index contributed by atoms with van der Waals surface area (Å²) in [5, 5.41) is 2.87. The van der Waals surface area contributed by atoms with Crippen molar-refractivity contribution in [2.45, 2.75) is 12.6 Å². The molecule has 26 heavy (non-hydrogen) atoms. The minimum Gasteiger partial charge on any atom is -0.384 e. The van der Waals surface area contributed by atoms with Gasteiger partial charge in [-0.05, 0) is 17.7 Å². The van der Waals surface area contributed by atoms with E-state index in [1.165, 1.54) is 5.56 Å². The minimum absolute atomic E-state index is 0. The Balaban J connectivity index is 0.00000169. The number of anilines is 1. The molecule has 6 nitrogen and oxygen atoms in total. The van der Waals surface area contributed by atoms with Gasteiger partial charge in [0.05, 0.1) is 12.7 Å². The van der Waals surface area contributed by atoms with Gasteiger partial charge >= 0.3 is 0 Å². The lowest BCUT2D eigenvalue weighted by molar-refractivity contribution is -0.0292. The normalized spacial score (nSPS) is 16.8. The number of amides is 1. The molecule has 3 N–H and O–H groups in total. The van der Waals surface area contributed by atoms with E-state index in [1.807, 2.05) is 18.2 Å². The Bertz CT molecular complexity index is 688. The molecule has 2 aromatic rings. The molecule has 0 radical (unpaired) electrons. The van der Waals surface area contributed by atoms with Crippen LogP contribution in [-0.2, 0) is 11.3 Å². The summed E-state index contributed by atoms with van der Waals surface area (Å²) >= 11 is 0. The van der Waals surface area contributed by atoms with E-state index in [0.29, 0.717) is 24.7 Å². The van der Waals surface area contributed by atoms with Gasteiger partial charge in [-0.3, -0.25) is 9.69 Å². The van der Waals surface area contributed by atoms with Crippen molar-refractivity contribution in [1.82, 2.24) is 15.2 Å². The summed E-state index contributed by atoms with van der Waals surface area (Å²) < 4.78 is 5.75. The van der Waals surface area contributed by atoms with Gasteiger partial charge in [0.2, 0.25) is 0 Å². The lowest BCUT2D eigenvalue weighted by atomic mass is 10.2. The molecule has 3 rings (SSSR count). The van der Waals surface area contributed by atoms with Crippen LogP contribution >= 0.6 is 24.8 Å². The summed E-state index contributed by atoms with van der Waals surface area (Å²) in [7, 11) is 0. The zero-order valence-electron chi connectivity index (χ0n) is 14.3. The third-order valence-electron chi connectivity index (χ3n) is 3.97. The molecule has 8 heteroatoms. The number of carbonyl (C=O) groups is 1. The highest BCUT2D eigenvalue weighted by molar-refractivity contribution is 5.92. The number of hydrogen-bond acceptors (Lipinski definition) is 5. The number of rotatable bonds is 5. The van der Waals surface area contributed by atoms with Crippen LogP contribution < -0.4 is 11.1 Å². The lowest BCUT2D eigenvalue weighted by Gasteiger charge is -2.33. The Kier molecular flexibility index (Phi) is 9.37. The fourth-order valence-corrected chi connectivity index (χ4v) is 2.76. The predicted molar refractivity (Wildman–Crippen MR) is 107 cm³/mol. The molecule has 0 bridgehead atoms. The molecule has 0 saturated carbocycles. The molecule has 1 aromatic heterocycles. The first-order chi connectivity index (χ1) is 11.7. The van der Waals surface area contributed by atoms with Crippen molar-refractivity contribution < 1.29 is 9.53 Å². The van der Waals surface area contributed by atoms with Crippen LogP contribution in [0.3, 0.4) is 0 Å². The van der Waals surface area contributed by atoms with Gasteiger partial charge in [0, 0.05) is 26.2 Å². The van der Waals surface area contributed by atoms with Crippen molar-refractivity contribution in [2.24, 2.45) is 0 Å². The van der Waals surface area contributed by atoms with Crippen molar-refractivity contribution in [3.8, 4) is 0 Å². The van der Waals surface area contributed by atoms with Crippen molar-refractivity contribution in [2.75, 3.05) is 32.0 Å². The van der Waals surface area contributed by atoms with E-state index in [0.717, 1.165) is 19.6 Å². The highest BCUT2D eigenvalue weighted by atomic mass is 35.5. The fraction of sp³-hybridized carbons (Fsp3) is 0.333. The topological polar surface area (TPSA) is 80.5 Å². The number of hydrogen-bond donors (Lipinski definition) is 2. The SMILES string of the molecule is Cl.Cl.Nc1cccc(C(=O)NCC2CN(Cc3ccccc3)CCO2)n1. The Hall–Kier alpha value is -1.86. The van der Waals surface area contributed by atoms with Crippen molar-refractivity contribution in [1.29, 1.82) is 0 Å². The van der Waals surface area contributed by atoms with Crippen LogP contribution in [-0.4, -0.2) is 48.1 Å². The second kappa shape index (κ2) is 11.0. The number of nitrogens with zero attached hydrogens (tertiary/aromatic N) is 2. The first-order valence-electron chi connectivity index (χ1n) is 8.09. The lowest BCUT2D eigenvalue weighted by Crippen LogP contribution is -2.47. The maximum absolute atomic E-state index is 12.1. The van der Waals surface area contributed by atoms with Crippen LogP contribution in [0.2, 0.25) is 0 Å². The van der Waals surface area contributed by atoms with E-state index in [4.69, 9.17) is 10.5 Å². The first-order valence-corrected chi connectivity index (χ1v) is 8.09. The molecule has 1 unspecified atom stereocenters. The van der Waals surface area contributed by atoms with Crippen LogP contribution in [0.15, 0.2) is 48.5 Å². The molecular weight excluding hydrogens is 375 g/mol. The van der Waals surface area contributed by atoms with Crippen molar-refractivity contribution in [3.05, 3.63) is 59.8 Å². The summed E-state index contributed by atoms with van der Waals surface area (Å²) in [4.78, 5) is 18.5. The first kappa shape index (κ1) is 22.2. The minimum atomic E-state index is -0.230. The number of nitrogens with two attached hydrogens (primary N) is 1. The number of ether oxygens (including phenoxy) is 1. The number of pyridine rings is 1. The molecule has 2 heterocycles. The zero-order chi connectivity index (χ0) is 16.8. The van der Waals surface area contributed by atoms with Gasteiger partial charge in [0.25, 0.3) is 5.91 Å². The van der Waals surface area contributed by atoms with Gasteiger partial charge in [0.1, 0.15) is 11.5 Å². The molecule has 0 spiro atoms. The summed E-state index contributed by atoms with van der Waals surface area (Å²) in [6.07, 6.45) is -0.0209. The summed E-state index contributed by atoms with van der Waals surface area (Å²) in [6.45, 7) is 3.71. The Morgan fingerprint density at radius 2 is 1.96 bits per heavy atom. The Labute approximate surface area is 165 Å². The van der Waals surface area contributed by atoms with Crippen LogP contribution in [0.5, 0.6) is 0 Å². The van der Waals surface area contributed by atoms with E-state index in [1.54, 1.807) is 18.2 Å². The van der Waals surface area contributed by atoms with Gasteiger partial charge in [0.15, 0.2) is 0 Å². The number of morpholine rings is 1. The van der Waals surface area contributed by atoms with Gasteiger partial charge in [-0.1, -0.05) is 36.4 Å². The van der Waals surface area contributed by atoms with E-state index < -0.39 is 0 Å². The monoisotopic (exact) mass is 398 g/mol. The number of nitrogens with one attached hydrogen (secondary N) is 1. The molecule has 142 valence electrons. The average molecular weight is 399 g/mol. The molecule has 1 atom stereocenters.